The summed E-state index contributed by atoms with van der Waals surface area (Å²) in [6.07, 6.45) is 0. The van der Waals surface area contributed by atoms with Gasteiger partial charge in [-0.25, -0.2) is 0 Å². The molecule has 0 fully saturated rings. The summed E-state index contributed by atoms with van der Waals surface area (Å²) in [7, 11) is 1.66. The van der Waals surface area contributed by atoms with Crippen molar-refractivity contribution < 1.29 is 9.84 Å². The highest BCUT2D eigenvalue weighted by molar-refractivity contribution is 5.65. The lowest BCUT2D eigenvalue weighted by Gasteiger charge is -2.07. The van der Waals surface area contributed by atoms with Crippen LogP contribution in [0.25, 0.3) is 11.1 Å². The molecule has 17 heavy (non-hydrogen) atoms. The van der Waals surface area contributed by atoms with E-state index in [1.165, 1.54) is 0 Å². The third kappa shape index (κ3) is 2.48. The lowest BCUT2D eigenvalue weighted by atomic mass is 10.0. The average Bonchev–Trinajstić information content (AvgIpc) is 2.39. The van der Waals surface area contributed by atoms with Crippen molar-refractivity contribution in [2.45, 2.75) is 13.5 Å². The van der Waals surface area contributed by atoms with Crippen LogP contribution in [-0.2, 0) is 6.61 Å². The maximum atomic E-state index is 9.13. The van der Waals surface area contributed by atoms with Crippen molar-refractivity contribution in [3.8, 4) is 16.9 Å². The van der Waals surface area contributed by atoms with Crippen molar-refractivity contribution in [1.29, 1.82) is 0 Å². The maximum Gasteiger partial charge on any atom is 0.118 e. The zero-order valence-electron chi connectivity index (χ0n) is 10.1. The molecule has 0 atom stereocenters. The molecule has 0 heterocycles. The molecule has 0 unspecified atom stereocenters. The van der Waals surface area contributed by atoms with Gasteiger partial charge in [0.25, 0.3) is 0 Å². The van der Waals surface area contributed by atoms with Crippen LogP contribution < -0.4 is 4.74 Å². The Labute approximate surface area is 101 Å². The molecular formula is C15H16O2. The van der Waals surface area contributed by atoms with Crippen LogP contribution in [0.3, 0.4) is 0 Å². The van der Waals surface area contributed by atoms with Gasteiger partial charge in [0.05, 0.1) is 13.7 Å². The van der Waals surface area contributed by atoms with E-state index < -0.39 is 0 Å². The molecule has 2 aromatic carbocycles. The third-order valence-corrected chi connectivity index (χ3v) is 2.94. The second kappa shape index (κ2) is 5.02. The van der Waals surface area contributed by atoms with Crippen LogP contribution >= 0.6 is 0 Å². The van der Waals surface area contributed by atoms with Gasteiger partial charge in [-0.3, -0.25) is 0 Å². The van der Waals surface area contributed by atoms with Gasteiger partial charge in [-0.15, -0.1) is 0 Å². The fraction of sp³-hybridized carbons (Fsp3) is 0.200. The zero-order chi connectivity index (χ0) is 12.3. The summed E-state index contributed by atoms with van der Waals surface area (Å²) in [5, 5.41) is 9.13. The maximum absolute atomic E-state index is 9.13. The minimum Gasteiger partial charge on any atom is -0.497 e. The fourth-order valence-electron chi connectivity index (χ4n) is 1.84. The minimum atomic E-state index is 0.0920. The standard InChI is InChI=1S/C15H16O2/c1-11-9-13(3-4-14(11)10-16)12-5-7-15(17-2)8-6-12/h3-9,16H,10H2,1-2H3. The van der Waals surface area contributed by atoms with E-state index in [1.54, 1.807) is 7.11 Å². The molecule has 0 amide bonds. The SMILES string of the molecule is COc1ccc(-c2ccc(CO)c(C)c2)cc1. The summed E-state index contributed by atoms with van der Waals surface area (Å²) in [4.78, 5) is 0. The fourth-order valence-corrected chi connectivity index (χ4v) is 1.84. The van der Waals surface area contributed by atoms with E-state index in [9.17, 15) is 0 Å². The Kier molecular flexibility index (Phi) is 3.45. The number of aliphatic hydroxyl groups excluding tert-OH is 1. The van der Waals surface area contributed by atoms with Crippen LogP contribution in [0.1, 0.15) is 11.1 Å². The Bertz CT molecular complexity index is 501. The molecule has 0 aliphatic rings. The van der Waals surface area contributed by atoms with Crippen LogP contribution in [0, 0.1) is 6.92 Å². The Morgan fingerprint density at radius 1 is 1.00 bits per heavy atom. The van der Waals surface area contributed by atoms with Gasteiger partial charge in [0, 0.05) is 0 Å². The number of ether oxygens (including phenoxy) is 1. The van der Waals surface area contributed by atoms with Crippen LogP contribution in [0.4, 0.5) is 0 Å². The molecule has 88 valence electrons. The first kappa shape index (κ1) is 11.7. The quantitative estimate of drug-likeness (QED) is 0.874. The Hall–Kier alpha value is -1.80. The molecule has 0 spiro atoms. The first-order valence-electron chi connectivity index (χ1n) is 5.59. The molecule has 0 saturated carbocycles. The normalized spacial score (nSPS) is 10.3. The Morgan fingerprint density at radius 2 is 1.65 bits per heavy atom. The average molecular weight is 228 g/mol. The lowest BCUT2D eigenvalue weighted by Crippen LogP contribution is -1.89. The molecule has 0 aliphatic carbocycles. The summed E-state index contributed by atoms with van der Waals surface area (Å²) in [6.45, 7) is 2.10. The molecule has 0 bridgehead atoms. The second-order valence-corrected chi connectivity index (χ2v) is 4.03. The molecule has 2 rings (SSSR count). The number of hydrogen-bond donors (Lipinski definition) is 1. The molecule has 2 heteroatoms. The van der Waals surface area contributed by atoms with Crippen molar-refractivity contribution in [2.24, 2.45) is 0 Å². The van der Waals surface area contributed by atoms with Gasteiger partial charge < -0.3 is 9.84 Å². The summed E-state index contributed by atoms with van der Waals surface area (Å²) < 4.78 is 5.13. The van der Waals surface area contributed by atoms with Crippen LogP contribution in [-0.4, -0.2) is 12.2 Å². The highest BCUT2D eigenvalue weighted by Crippen LogP contribution is 2.24. The van der Waals surface area contributed by atoms with Crippen molar-refractivity contribution in [3.63, 3.8) is 0 Å². The van der Waals surface area contributed by atoms with Crippen molar-refractivity contribution in [1.82, 2.24) is 0 Å². The number of aryl methyl sites for hydroxylation is 1. The second-order valence-electron chi connectivity index (χ2n) is 4.03. The van der Waals surface area contributed by atoms with Crippen molar-refractivity contribution in [2.75, 3.05) is 7.11 Å². The van der Waals surface area contributed by atoms with Crippen LogP contribution in [0.15, 0.2) is 42.5 Å². The van der Waals surface area contributed by atoms with E-state index in [0.29, 0.717) is 0 Å². The first-order chi connectivity index (χ1) is 8.24. The topological polar surface area (TPSA) is 29.5 Å². The van der Waals surface area contributed by atoms with Gasteiger partial charge in [-0.2, -0.15) is 0 Å². The zero-order valence-corrected chi connectivity index (χ0v) is 10.1. The molecule has 2 nitrogen and oxygen atoms in total. The van der Waals surface area contributed by atoms with Crippen LogP contribution in [0.5, 0.6) is 5.75 Å². The number of aliphatic hydroxyl groups is 1. The van der Waals surface area contributed by atoms with Gasteiger partial charge in [0.2, 0.25) is 0 Å². The van der Waals surface area contributed by atoms with Gasteiger partial charge in [-0.1, -0.05) is 30.3 Å². The van der Waals surface area contributed by atoms with Crippen molar-refractivity contribution in [3.05, 3.63) is 53.6 Å². The first-order valence-corrected chi connectivity index (χ1v) is 5.59. The van der Waals surface area contributed by atoms with E-state index in [1.807, 2.05) is 43.3 Å². The molecule has 2 aromatic rings. The van der Waals surface area contributed by atoms with Gasteiger partial charge in [0.1, 0.15) is 5.75 Å². The number of rotatable bonds is 3. The van der Waals surface area contributed by atoms with E-state index in [4.69, 9.17) is 9.84 Å². The monoisotopic (exact) mass is 228 g/mol. The summed E-state index contributed by atoms with van der Waals surface area (Å²) in [5.41, 5.74) is 4.39. The van der Waals surface area contributed by atoms with Crippen LogP contribution in [0.2, 0.25) is 0 Å². The summed E-state index contributed by atoms with van der Waals surface area (Å²) >= 11 is 0. The smallest absolute Gasteiger partial charge is 0.118 e. The highest BCUT2D eigenvalue weighted by atomic mass is 16.5. The number of methoxy groups -OCH3 is 1. The third-order valence-electron chi connectivity index (χ3n) is 2.94. The van der Waals surface area contributed by atoms with E-state index >= 15 is 0 Å². The largest absolute Gasteiger partial charge is 0.497 e. The minimum absolute atomic E-state index is 0.0920. The number of hydrogen-bond acceptors (Lipinski definition) is 2. The predicted octanol–water partition coefficient (Wildman–Crippen LogP) is 3.16. The Morgan fingerprint density at radius 3 is 2.18 bits per heavy atom. The van der Waals surface area contributed by atoms with E-state index in [2.05, 4.69) is 6.07 Å². The highest BCUT2D eigenvalue weighted by Gasteiger charge is 2.01. The summed E-state index contributed by atoms with van der Waals surface area (Å²) in [6, 6.07) is 14.1. The lowest BCUT2D eigenvalue weighted by molar-refractivity contribution is 0.281. The van der Waals surface area contributed by atoms with Gasteiger partial charge >= 0.3 is 0 Å². The molecular weight excluding hydrogens is 212 g/mol. The van der Waals surface area contributed by atoms with E-state index in [0.717, 1.165) is 28.0 Å². The Balaban J connectivity index is 2.35. The predicted molar refractivity (Wildman–Crippen MR) is 69.1 cm³/mol. The van der Waals surface area contributed by atoms with E-state index in [-0.39, 0.29) is 6.61 Å². The van der Waals surface area contributed by atoms with Gasteiger partial charge in [-0.05, 0) is 41.3 Å². The molecule has 1 N–H and O–H groups in total. The molecule has 0 saturated heterocycles. The molecule has 0 aliphatic heterocycles. The number of benzene rings is 2. The molecule has 0 aromatic heterocycles. The van der Waals surface area contributed by atoms with Gasteiger partial charge in [0.15, 0.2) is 0 Å². The van der Waals surface area contributed by atoms with Crippen molar-refractivity contribution >= 4 is 0 Å². The molecule has 0 radical (unpaired) electrons. The summed E-state index contributed by atoms with van der Waals surface area (Å²) in [5.74, 6) is 0.859.